The minimum absolute atomic E-state index is 0.627. The number of fused-ring (bicyclic) bond motifs is 5. The van der Waals surface area contributed by atoms with Crippen LogP contribution >= 0.6 is 0 Å². The van der Waals surface area contributed by atoms with Crippen LogP contribution in [0, 0.1) is 0 Å². The third-order valence-electron chi connectivity index (χ3n) is 6.07. The minimum atomic E-state index is -1.11. The van der Waals surface area contributed by atoms with Gasteiger partial charge >= 0.3 is 0 Å². The second-order valence-electron chi connectivity index (χ2n) is 8.39. The van der Waals surface area contributed by atoms with Gasteiger partial charge in [-0.25, -0.2) is 4.68 Å². The van der Waals surface area contributed by atoms with Gasteiger partial charge < -0.3 is 10.0 Å². The summed E-state index contributed by atoms with van der Waals surface area (Å²) in [5.41, 5.74) is 5.25. The molecule has 5 heteroatoms. The average molecular weight is 411 g/mol. The number of hydrogen-bond donors (Lipinski definition) is 1. The Morgan fingerprint density at radius 2 is 1.45 bits per heavy atom. The molecule has 0 saturated carbocycles. The van der Waals surface area contributed by atoms with Crippen molar-refractivity contribution in [2.24, 2.45) is 0 Å². The Kier molecular flexibility index (Phi) is 4.93. The van der Waals surface area contributed by atoms with Crippen molar-refractivity contribution in [1.82, 2.24) is 19.9 Å². The molecule has 1 aliphatic rings. The van der Waals surface area contributed by atoms with E-state index >= 15 is 0 Å². The van der Waals surface area contributed by atoms with Gasteiger partial charge in [0.1, 0.15) is 17.0 Å². The first-order chi connectivity index (χ1) is 15.1. The molecule has 3 aromatic carbocycles. The lowest BCUT2D eigenvalue weighted by Crippen LogP contribution is -2.29. The zero-order valence-corrected chi connectivity index (χ0v) is 17.9. The average Bonchev–Trinajstić information content (AvgIpc) is 3.21. The van der Waals surface area contributed by atoms with Crippen LogP contribution in [0.1, 0.15) is 24.0 Å². The Bertz CT molecular complexity index is 1220. The van der Waals surface area contributed by atoms with E-state index in [-0.39, 0.29) is 0 Å². The largest absolute Gasteiger partial charge is 0.380 e. The molecule has 1 aromatic heterocycles. The van der Waals surface area contributed by atoms with Crippen LogP contribution in [0.3, 0.4) is 0 Å². The lowest BCUT2D eigenvalue weighted by molar-refractivity contribution is 0.0678. The lowest BCUT2D eigenvalue weighted by Gasteiger charge is -2.31. The highest BCUT2D eigenvalue weighted by Crippen LogP contribution is 2.48. The Balaban J connectivity index is 1.78. The van der Waals surface area contributed by atoms with Gasteiger partial charge in [-0.3, -0.25) is 0 Å². The smallest absolute Gasteiger partial charge is 0.121 e. The van der Waals surface area contributed by atoms with E-state index in [1.165, 1.54) is 0 Å². The van der Waals surface area contributed by atoms with Crippen LogP contribution < -0.4 is 0 Å². The number of aliphatic hydroxyl groups is 1. The van der Waals surface area contributed by atoms with Gasteiger partial charge in [0.2, 0.25) is 0 Å². The predicted octanol–water partition coefficient (Wildman–Crippen LogP) is 4.49. The van der Waals surface area contributed by atoms with Crippen molar-refractivity contribution < 1.29 is 5.11 Å². The number of rotatable bonds is 5. The molecule has 0 saturated heterocycles. The van der Waals surface area contributed by atoms with Crippen molar-refractivity contribution in [3.63, 3.8) is 0 Å². The molecule has 0 amide bonds. The van der Waals surface area contributed by atoms with Crippen LogP contribution in [0.5, 0.6) is 0 Å². The van der Waals surface area contributed by atoms with E-state index in [2.05, 4.69) is 35.4 Å². The summed E-state index contributed by atoms with van der Waals surface area (Å²) in [6.45, 7) is 0.912. The lowest BCUT2D eigenvalue weighted by atomic mass is 9.80. The summed E-state index contributed by atoms with van der Waals surface area (Å²) >= 11 is 0. The van der Waals surface area contributed by atoms with Crippen molar-refractivity contribution in [2.75, 3.05) is 20.6 Å². The van der Waals surface area contributed by atoms with E-state index in [0.29, 0.717) is 6.42 Å². The van der Waals surface area contributed by atoms with Crippen LogP contribution in [0.4, 0.5) is 0 Å². The Hall–Kier alpha value is -3.28. The van der Waals surface area contributed by atoms with Gasteiger partial charge in [-0.15, -0.1) is 5.10 Å². The molecule has 1 heterocycles. The highest BCUT2D eigenvalue weighted by Gasteiger charge is 2.40. The first-order valence-electron chi connectivity index (χ1n) is 10.7. The monoisotopic (exact) mass is 410 g/mol. The van der Waals surface area contributed by atoms with Crippen molar-refractivity contribution >= 4 is 0 Å². The Morgan fingerprint density at radius 3 is 2.16 bits per heavy atom. The van der Waals surface area contributed by atoms with Gasteiger partial charge in [0, 0.05) is 11.1 Å². The summed E-state index contributed by atoms with van der Waals surface area (Å²) < 4.78 is 1.89. The van der Waals surface area contributed by atoms with E-state index in [1.54, 1.807) is 0 Å². The van der Waals surface area contributed by atoms with E-state index in [0.717, 1.165) is 52.3 Å². The third kappa shape index (κ3) is 3.26. The highest BCUT2D eigenvalue weighted by molar-refractivity contribution is 5.86. The van der Waals surface area contributed by atoms with Crippen LogP contribution in [-0.4, -0.2) is 45.6 Å². The van der Waals surface area contributed by atoms with E-state index in [1.807, 2.05) is 77.5 Å². The van der Waals surface area contributed by atoms with Crippen molar-refractivity contribution in [1.29, 1.82) is 0 Å². The molecule has 0 unspecified atom stereocenters. The number of hydrogen-bond acceptors (Lipinski definition) is 4. The fourth-order valence-corrected chi connectivity index (χ4v) is 4.62. The standard InChI is InChI=1S/C26H26N4O/c1-29(2)18-10-17-26(31)22-15-8-6-13-20(22)24-25(21-14-7-9-16-23(21)26)30(28-27-24)19-11-4-3-5-12-19/h3-9,11-16,31H,10,17-18H2,1-2H3/t26-/m0/s1. The molecule has 0 fully saturated rings. The van der Waals surface area contributed by atoms with Gasteiger partial charge in [0.25, 0.3) is 0 Å². The zero-order chi connectivity index (χ0) is 21.4. The summed E-state index contributed by atoms with van der Waals surface area (Å²) in [5, 5.41) is 21.4. The normalized spacial score (nSPS) is 17.0. The molecule has 1 N–H and O–H groups in total. The molecule has 4 aromatic rings. The van der Waals surface area contributed by atoms with Crippen LogP contribution in [-0.2, 0) is 5.60 Å². The van der Waals surface area contributed by atoms with Gasteiger partial charge in [0.15, 0.2) is 0 Å². The zero-order valence-electron chi connectivity index (χ0n) is 17.9. The first-order valence-corrected chi connectivity index (χ1v) is 10.7. The molecule has 0 bridgehead atoms. The van der Waals surface area contributed by atoms with Crippen molar-refractivity contribution in [2.45, 2.75) is 18.4 Å². The molecule has 1 aliphatic carbocycles. The molecule has 5 nitrogen and oxygen atoms in total. The second-order valence-corrected chi connectivity index (χ2v) is 8.39. The maximum atomic E-state index is 12.2. The molecule has 0 spiro atoms. The number of para-hydroxylation sites is 1. The Morgan fingerprint density at radius 1 is 0.839 bits per heavy atom. The van der Waals surface area contributed by atoms with E-state index in [4.69, 9.17) is 0 Å². The van der Waals surface area contributed by atoms with Gasteiger partial charge in [0.05, 0.1) is 5.69 Å². The highest BCUT2D eigenvalue weighted by atomic mass is 16.3. The molecule has 31 heavy (non-hydrogen) atoms. The van der Waals surface area contributed by atoms with Gasteiger partial charge in [-0.2, -0.15) is 0 Å². The van der Waals surface area contributed by atoms with Crippen LogP contribution in [0.15, 0.2) is 78.9 Å². The molecular formula is C26H26N4O. The van der Waals surface area contributed by atoms with Crippen molar-refractivity contribution in [3.05, 3.63) is 90.0 Å². The summed E-state index contributed by atoms with van der Waals surface area (Å²) in [5.74, 6) is 0. The summed E-state index contributed by atoms with van der Waals surface area (Å²) in [7, 11) is 4.13. The quantitative estimate of drug-likeness (QED) is 0.527. The molecule has 0 aliphatic heterocycles. The van der Waals surface area contributed by atoms with Crippen LogP contribution in [0.2, 0.25) is 0 Å². The van der Waals surface area contributed by atoms with Crippen molar-refractivity contribution in [3.8, 4) is 28.2 Å². The summed E-state index contributed by atoms with van der Waals surface area (Å²) in [6, 6.07) is 26.2. The first kappa shape index (κ1) is 19.7. The fraction of sp³-hybridized carbons (Fsp3) is 0.231. The van der Waals surface area contributed by atoms with Crippen LogP contribution in [0.25, 0.3) is 28.2 Å². The van der Waals surface area contributed by atoms with E-state index < -0.39 is 5.60 Å². The minimum Gasteiger partial charge on any atom is -0.380 e. The maximum Gasteiger partial charge on any atom is 0.121 e. The topological polar surface area (TPSA) is 54.2 Å². The van der Waals surface area contributed by atoms with Gasteiger partial charge in [-0.1, -0.05) is 71.9 Å². The molecular weight excluding hydrogens is 384 g/mol. The maximum absolute atomic E-state index is 12.2. The molecule has 5 rings (SSSR count). The fourth-order valence-electron chi connectivity index (χ4n) is 4.62. The third-order valence-corrected chi connectivity index (χ3v) is 6.07. The summed E-state index contributed by atoms with van der Waals surface area (Å²) in [4.78, 5) is 2.15. The summed E-state index contributed by atoms with van der Waals surface area (Å²) in [6.07, 6.45) is 1.50. The van der Waals surface area contributed by atoms with E-state index in [9.17, 15) is 5.11 Å². The number of nitrogens with zero attached hydrogens (tertiary/aromatic N) is 4. The molecule has 0 radical (unpaired) electrons. The number of benzene rings is 3. The Labute approximate surface area is 182 Å². The molecule has 156 valence electrons. The number of aromatic nitrogens is 3. The SMILES string of the molecule is CN(C)CCC[C@]1(O)c2ccccc2-c2nnn(-c3ccccc3)c2-c2ccccc21. The van der Waals surface area contributed by atoms with Gasteiger partial charge in [-0.05, 0) is 56.7 Å². The predicted molar refractivity (Wildman–Crippen MR) is 123 cm³/mol. The molecule has 1 atom stereocenters. The second kappa shape index (κ2) is 7.76.